The van der Waals surface area contributed by atoms with Crippen molar-refractivity contribution in [2.24, 2.45) is 0 Å². The molecule has 1 unspecified atom stereocenters. The van der Waals surface area contributed by atoms with Crippen molar-refractivity contribution in [1.29, 1.82) is 0 Å². The molecule has 1 fully saturated rings. The lowest BCUT2D eigenvalue weighted by molar-refractivity contribution is 0.325. The van der Waals surface area contributed by atoms with Gasteiger partial charge in [-0.3, -0.25) is 0 Å². The molecule has 1 heterocycles. The fourth-order valence-electron chi connectivity index (χ4n) is 3.14. The number of furan rings is 1. The van der Waals surface area contributed by atoms with Gasteiger partial charge in [-0.15, -0.1) is 0 Å². The van der Waals surface area contributed by atoms with Crippen molar-refractivity contribution in [2.75, 3.05) is 7.11 Å². The van der Waals surface area contributed by atoms with E-state index in [2.05, 4.69) is 24.4 Å². The van der Waals surface area contributed by atoms with Gasteiger partial charge in [0, 0.05) is 11.4 Å². The first-order valence-corrected chi connectivity index (χ1v) is 7.60. The largest absolute Gasteiger partial charge is 0.493 e. The second-order valence-electron chi connectivity index (χ2n) is 5.75. The molecule has 1 aliphatic rings. The van der Waals surface area contributed by atoms with Gasteiger partial charge in [0.15, 0.2) is 11.3 Å². The molecule has 1 aromatic carbocycles. The topological polar surface area (TPSA) is 34.4 Å². The van der Waals surface area contributed by atoms with Gasteiger partial charge in [-0.05, 0) is 31.9 Å². The Morgan fingerprint density at radius 1 is 1.25 bits per heavy atom. The van der Waals surface area contributed by atoms with Crippen LogP contribution in [0.4, 0.5) is 0 Å². The number of hydrogen-bond donors (Lipinski definition) is 1. The minimum atomic E-state index is 0.246. The number of ether oxygens (including phenoxy) is 1. The van der Waals surface area contributed by atoms with Crippen LogP contribution in [0, 0.1) is 0 Å². The molecule has 0 aliphatic heterocycles. The van der Waals surface area contributed by atoms with Gasteiger partial charge in [0.1, 0.15) is 5.76 Å². The average Bonchev–Trinajstić information content (AvgIpc) is 2.92. The van der Waals surface area contributed by atoms with Crippen LogP contribution in [0.5, 0.6) is 5.75 Å². The highest BCUT2D eigenvalue weighted by Gasteiger charge is 2.19. The molecule has 108 valence electrons. The van der Waals surface area contributed by atoms with Gasteiger partial charge in [-0.1, -0.05) is 31.4 Å². The molecule has 0 bridgehead atoms. The van der Waals surface area contributed by atoms with Crippen molar-refractivity contribution in [2.45, 2.75) is 51.1 Å². The van der Waals surface area contributed by atoms with Gasteiger partial charge in [-0.2, -0.15) is 0 Å². The van der Waals surface area contributed by atoms with E-state index < -0.39 is 0 Å². The first kappa shape index (κ1) is 13.5. The maximum atomic E-state index is 6.01. The Labute approximate surface area is 120 Å². The van der Waals surface area contributed by atoms with E-state index in [1.54, 1.807) is 7.11 Å². The van der Waals surface area contributed by atoms with E-state index in [0.717, 1.165) is 22.5 Å². The Bertz CT molecular complexity index is 569. The molecule has 1 aromatic heterocycles. The van der Waals surface area contributed by atoms with E-state index in [-0.39, 0.29) is 6.04 Å². The molecule has 1 aliphatic carbocycles. The zero-order valence-electron chi connectivity index (χ0n) is 12.3. The molecule has 2 aromatic rings. The Morgan fingerprint density at radius 3 is 2.80 bits per heavy atom. The fraction of sp³-hybridized carbons (Fsp3) is 0.529. The van der Waals surface area contributed by atoms with Gasteiger partial charge in [0.25, 0.3) is 0 Å². The molecule has 0 saturated heterocycles. The van der Waals surface area contributed by atoms with E-state index in [0.29, 0.717) is 6.04 Å². The van der Waals surface area contributed by atoms with Crippen molar-refractivity contribution in [3.05, 3.63) is 30.0 Å². The second kappa shape index (κ2) is 5.88. The summed E-state index contributed by atoms with van der Waals surface area (Å²) in [5.41, 5.74) is 0.849. The van der Waals surface area contributed by atoms with Crippen molar-refractivity contribution < 1.29 is 9.15 Å². The third-order valence-corrected chi connectivity index (χ3v) is 4.26. The summed E-state index contributed by atoms with van der Waals surface area (Å²) in [5, 5.41) is 4.81. The monoisotopic (exact) mass is 273 g/mol. The molecular weight excluding hydrogens is 250 g/mol. The lowest BCUT2D eigenvalue weighted by Gasteiger charge is -2.25. The van der Waals surface area contributed by atoms with Crippen LogP contribution in [-0.2, 0) is 0 Å². The highest BCUT2D eigenvalue weighted by atomic mass is 16.5. The maximum Gasteiger partial charge on any atom is 0.176 e. The smallest absolute Gasteiger partial charge is 0.176 e. The van der Waals surface area contributed by atoms with Crippen LogP contribution in [0.15, 0.2) is 28.7 Å². The van der Waals surface area contributed by atoms with Crippen LogP contribution < -0.4 is 10.1 Å². The molecule has 3 heteroatoms. The van der Waals surface area contributed by atoms with Crippen molar-refractivity contribution in [3.63, 3.8) is 0 Å². The first-order valence-electron chi connectivity index (χ1n) is 7.60. The zero-order chi connectivity index (χ0) is 13.9. The lowest BCUT2D eigenvalue weighted by atomic mass is 9.95. The van der Waals surface area contributed by atoms with Gasteiger partial charge in [0.2, 0.25) is 0 Å². The number of fused-ring (bicyclic) bond motifs is 1. The van der Waals surface area contributed by atoms with Gasteiger partial charge >= 0.3 is 0 Å². The Kier molecular flexibility index (Phi) is 3.97. The quantitative estimate of drug-likeness (QED) is 0.895. The summed E-state index contributed by atoms with van der Waals surface area (Å²) in [4.78, 5) is 0. The van der Waals surface area contributed by atoms with E-state index in [4.69, 9.17) is 9.15 Å². The van der Waals surface area contributed by atoms with Gasteiger partial charge in [-0.25, -0.2) is 0 Å². The minimum absolute atomic E-state index is 0.246. The third-order valence-electron chi connectivity index (χ3n) is 4.26. The number of benzene rings is 1. The van der Waals surface area contributed by atoms with E-state index in [1.165, 1.54) is 32.1 Å². The number of rotatable bonds is 4. The summed E-state index contributed by atoms with van der Waals surface area (Å²) in [6.45, 7) is 2.18. The van der Waals surface area contributed by atoms with Crippen molar-refractivity contribution >= 4 is 11.0 Å². The van der Waals surface area contributed by atoms with E-state index >= 15 is 0 Å². The average molecular weight is 273 g/mol. The second-order valence-corrected chi connectivity index (χ2v) is 5.75. The zero-order valence-corrected chi connectivity index (χ0v) is 12.3. The summed E-state index contributed by atoms with van der Waals surface area (Å²) < 4.78 is 11.4. The predicted molar refractivity (Wildman–Crippen MR) is 81.2 cm³/mol. The summed E-state index contributed by atoms with van der Waals surface area (Å²) in [7, 11) is 1.68. The Hall–Kier alpha value is -1.48. The Balaban J connectivity index is 1.78. The summed E-state index contributed by atoms with van der Waals surface area (Å²) in [5.74, 6) is 1.80. The van der Waals surface area contributed by atoms with Crippen LogP contribution in [0.2, 0.25) is 0 Å². The molecule has 1 atom stereocenters. The first-order chi connectivity index (χ1) is 9.78. The van der Waals surface area contributed by atoms with Crippen LogP contribution in [-0.4, -0.2) is 13.2 Å². The Morgan fingerprint density at radius 2 is 2.05 bits per heavy atom. The van der Waals surface area contributed by atoms with Gasteiger partial charge in [0.05, 0.1) is 13.2 Å². The molecule has 3 nitrogen and oxygen atoms in total. The molecule has 0 radical (unpaired) electrons. The van der Waals surface area contributed by atoms with Crippen LogP contribution in [0.1, 0.15) is 50.8 Å². The molecule has 1 saturated carbocycles. The van der Waals surface area contributed by atoms with E-state index in [1.807, 2.05) is 12.1 Å². The van der Waals surface area contributed by atoms with Crippen LogP contribution in [0.25, 0.3) is 11.0 Å². The van der Waals surface area contributed by atoms with Crippen molar-refractivity contribution in [3.8, 4) is 5.75 Å². The van der Waals surface area contributed by atoms with Crippen LogP contribution in [0.3, 0.4) is 0 Å². The normalized spacial score (nSPS) is 18.3. The SMILES string of the molecule is COc1cccc2cc(C(C)NC3CCCCC3)oc12. The minimum Gasteiger partial charge on any atom is -0.493 e. The van der Waals surface area contributed by atoms with E-state index in [9.17, 15) is 0 Å². The molecule has 0 spiro atoms. The molecule has 1 N–H and O–H groups in total. The number of para-hydroxylation sites is 1. The summed E-state index contributed by atoms with van der Waals surface area (Å²) in [6.07, 6.45) is 6.65. The predicted octanol–water partition coefficient (Wildman–Crippen LogP) is 4.42. The number of methoxy groups -OCH3 is 1. The maximum absolute atomic E-state index is 6.01. The highest BCUT2D eigenvalue weighted by molar-refractivity contribution is 5.83. The highest BCUT2D eigenvalue weighted by Crippen LogP contribution is 2.31. The van der Waals surface area contributed by atoms with Crippen LogP contribution >= 0.6 is 0 Å². The standard InChI is InChI=1S/C17H23NO2/c1-12(18-14-8-4-3-5-9-14)16-11-13-7-6-10-15(19-2)17(13)20-16/h6-7,10-12,14,18H,3-5,8-9H2,1-2H3. The lowest BCUT2D eigenvalue weighted by Crippen LogP contribution is -2.32. The number of hydrogen-bond acceptors (Lipinski definition) is 3. The molecule has 20 heavy (non-hydrogen) atoms. The summed E-state index contributed by atoms with van der Waals surface area (Å²) in [6, 6.07) is 9.01. The van der Waals surface area contributed by atoms with Gasteiger partial charge < -0.3 is 14.5 Å². The summed E-state index contributed by atoms with van der Waals surface area (Å²) >= 11 is 0. The number of nitrogens with one attached hydrogen (secondary N) is 1. The molecule has 3 rings (SSSR count). The molecule has 0 amide bonds. The molecular formula is C17H23NO2. The third kappa shape index (κ3) is 2.68. The van der Waals surface area contributed by atoms with Crippen molar-refractivity contribution in [1.82, 2.24) is 5.32 Å². The fourth-order valence-corrected chi connectivity index (χ4v) is 3.14.